The third-order valence-electron chi connectivity index (χ3n) is 2.46. The van der Waals surface area contributed by atoms with Crippen LogP contribution in [-0.2, 0) is 0 Å². The van der Waals surface area contributed by atoms with Gasteiger partial charge in [0, 0.05) is 18.2 Å². The second kappa shape index (κ2) is 5.82. The third-order valence-corrected chi connectivity index (χ3v) is 2.46. The molecule has 1 rings (SSSR count). The molecule has 0 bridgehead atoms. The molecule has 16 heavy (non-hydrogen) atoms. The van der Waals surface area contributed by atoms with Crippen LogP contribution in [0.5, 0.6) is 5.75 Å². The monoisotopic (exact) mass is 226 g/mol. The summed E-state index contributed by atoms with van der Waals surface area (Å²) in [5.74, 6) is 0.470. The molecule has 0 amide bonds. The zero-order chi connectivity index (χ0) is 12.1. The van der Waals surface area contributed by atoms with Crippen LogP contribution < -0.4 is 10.1 Å². The maximum absolute atomic E-state index is 13.2. The Bertz CT molecular complexity index is 342. The van der Waals surface area contributed by atoms with Crippen LogP contribution in [0.2, 0.25) is 0 Å². The van der Waals surface area contributed by atoms with Gasteiger partial charge in [-0.15, -0.1) is 0 Å². The van der Waals surface area contributed by atoms with Gasteiger partial charge in [-0.3, -0.25) is 0 Å². The van der Waals surface area contributed by atoms with E-state index in [-0.39, 0.29) is 11.9 Å². The van der Waals surface area contributed by atoms with Gasteiger partial charge in [0.1, 0.15) is 11.6 Å². The third kappa shape index (κ3) is 3.18. The highest BCUT2D eigenvalue weighted by molar-refractivity contribution is 5.36. The molecule has 0 fully saturated rings. The Hall–Kier alpha value is -1.13. The molecule has 3 nitrogen and oxygen atoms in total. The highest BCUT2D eigenvalue weighted by Gasteiger charge is 2.15. The van der Waals surface area contributed by atoms with Gasteiger partial charge in [0.25, 0.3) is 0 Å². The fraction of sp³-hybridized carbons (Fsp3) is 0.500. The van der Waals surface area contributed by atoms with E-state index >= 15 is 0 Å². The fourth-order valence-electron chi connectivity index (χ4n) is 1.69. The van der Waals surface area contributed by atoms with E-state index in [0.717, 1.165) is 12.1 Å². The van der Waals surface area contributed by atoms with E-state index in [1.807, 2.05) is 26.0 Å². The average Bonchev–Trinajstić information content (AvgIpc) is 2.25. The lowest BCUT2D eigenvalue weighted by Gasteiger charge is -2.22. The maximum atomic E-state index is 13.2. The van der Waals surface area contributed by atoms with E-state index in [9.17, 15) is 4.39 Å². The van der Waals surface area contributed by atoms with E-state index < -0.39 is 0 Å². The van der Waals surface area contributed by atoms with Gasteiger partial charge in [-0.25, -0.2) is 4.39 Å². The van der Waals surface area contributed by atoms with Gasteiger partial charge in [-0.2, -0.15) is 0 Å². The van der Waals surface area contributed by atoms with Gasteiger partial charge in [0.05, 0.1) is 7.11 Å². The van der Waals surface area contributed by atoms with Crippen molar-refractivity contribution in [3.05, 3.63) is 29.6 Å². The molecule has 0 saturated carbocycles. The highest BCUT2D eigenvalue weighted by Crippen LogP contribution is 2.26. The van der Waals surface area contributed by atoms with E-state index in [2.05, 4.69) is 5.32 Å². The molecule has 90 valence electrons. The number of nitrogens with one attached hydrogen (secondary N) is 1. The summed E-state index contributed by atoms with van der Waals surface area (Å²) in [4.78, 5) is 2.05. The van der Waals surface area contributed by atoms with Crippen LogP contribution in [0.15, 0.2) is 18.2 Å². The number of hydrogen-bond acceptors (Lipinski definition) is 3. The first-order valence-electron chi connectivity index (χ1n) is 5.24. The molecular weight excluding hydrogens is 207 g/mol. The van der Waals surface area contributed by atoms with Gasteiger partial charge >= 0.3 is 0 Å². The predicted molar refractivity (Wildman–Crippen MR) is 63.3 cm³/mol. The van der Waals surface area contributed by atoms with Crippen molar-refractivity contribution in [1.82, 2.24) is 10.2 Å². The van der Waals surface area contributed by atoms with Crippen molar-refractivity contribution in [3.63, 3.8) is 0 Å². The molecule has 0 saturated heterocycles. The standard InChI is InChI=1S/C12H19FN2O/c1-14-11(8-15(2)3)10-7-9(13)5-6-12(10)16-4/h5-7,11,14H,8H2,1-4H3. The predicted octanol–water partition coefficient (Wildman–Crippen LogP) is 1.66. The van der Waals surface area contributed by atoms with Gasteiger partial charge in [0.2, 0.25) is 0 Å². The molecule has 1 unspecified atom stereocenters. The van der Waals surface area contributed by atoms with E-state index in [1.165, 1.54) is 12.1 Å². The summed E-state index contributed by atoms with van der Waals surface area (Å²) in [6, 6.07) is 4.64. The second-order valence-electron chi connectivity index (χ2n) is 3.99. The minimum Gasteiger partial charge on any atom is -0.496 e. The second-order valence-corrected chi connectivity index (χ2v) is 3.99. The zero-order valence-corrected chi connectivity index (χ0v) is 10.2. The normalized spacial score (nSPS) is 12.9. The minimum atomic E-state index is -0.241. The summed E-state index contributed by atoms with van der Waals surface area (Å²) in [5, 5.41) is 3.16. The molecule has 0 aliphatic rings. The smallest absolute Gasteiger partial charge is 0.123 e. The Balaban J connectivity index is 3.02. The fourth-order valence-corrected chi connectivity index (χ4v) is 1.69. The van der Waals surface area contributed by atoms with Crippen molar-refractivity contribution < 1.29 is 9.13 Å². The number of likely N-dealkylation sites (N-methyl/N-ethyl adjacent to an activating group) is 2. The molecule has 0 radical (unpaired) electrons. The number of hydrogen-bond donors (Lipinski definition) is 1. The van der Waals surface area contributed by atoms with E-state index in [4.69, 9.17) is 4.74 Å². The number of methoxy groups -OCH3 is 1. The lowest BCUT2D eigenvalue weighted by atomic mass is 10.1. The van der Waals surface area contributed by atoms with Gasteiger partial charge in [-0.1, -0.05) is 0 Å². The number of nitrogens with zero attached hydrogens (tertiary/aromatic N) is 1. The Morgan fingerprint density at radius 2 is 2.12 bits per heavy atom. The molecule has 0 aliphatic carbocycles. The zero-order valence-electron chi connectivity index (χ0n) is 10.2. The molecule has 0 heterocycles. The average molecular weight is 226 g/mol. The maximum Gasteiger partial charge on any atom is 0.123 e. The van der Waals surface area contributed by atoms with Crippen LogP contribution in [0.4, 0.5) is 4.39 Å². The van der Waals surface area contributed by atoms with Crippen LogP contribution in [0, 0.1) is 5.82 Å². The first-order chi connectivity index (χ1) is 7.58. The van der Waals surface area contributed by atoms with Crippen molar-refractivity contribution in [2.45, 2.75) is 6.04 Å². The highest BCUT2D eigenvalue weighted by atomic mass is 19.1. The van der Waals surface area contributed by atoms with Crippen molar-refractivity contribution in [3.8, 4) is 5.75 Å². The number of halogens is 1. The number of benzene rings is 1. The summed E-state index contributed by atoms with van der Waals surface area (Å²) in [6.45, 7) is 0.788. The van der Waals surface area contributed by atoms with Gasteiger partial charge < -0.3 is 15.0 Å². The van der Waals surface area contributed by atoms with Gasteiger partial charge in [0.15, 0.2) is 0 Å². The summed E-state index contributed by atoms with van der Waals surface area (Å²) in [5.41, 5.74) is 0.846. The largest absolute Gasteiger partial charge is 0.496 e. The Morgan fingerprint density at radius 3 is 2.62 bits per heavy atom. The topological polar surface area (TPSA) is 24.5 Å². The lowest BCUT2D eigenvalue weighted by Crippen LogP contribution is -2.29. The molecule has 1 aromatic carbocycles. The lowest BCUT2D eigenvalue weighted by molar-refractivity contribution is 0.340. The Labute approximate surface area is 96.2 Å². The molecule has 4 heteroatoms. The SMILES string of the molecule is CNC(CN(C)C)c1cc(F)ccc1OC. The van der Waals surface area contributed by atoms with Crippen molar-refractivity contribution in [2.24, 2.45) is 0 Å². The molecule has 0 spiro atoms. The summed E-state index contributed by atoms with van der Waals surface area (Å²) in [7, 11) is 7.42. The van der Waals surface area contributed by atoms with Crippen LogP contribution in [0.25, 0.3) is 0 Å². The minimum absolute atomic E-state index is 0.0562. The Morgan fingerprint density at radius 1 is 1.44 bits per heavy atom. The van der Waals surface area contributed by atoms with Crippen LogP contribution in [0.3, 0.4) is 0 Å². The van der Waals surface area contributed by atoms with E-state index in [1.54, 1.807) is 13.2 Å². The molecule has 1 N–H and O–H groups in total. The quantitative estimate of drug-likeness (QED) is 0.826. The van der Waals surface area contributed by atoms with E-state index in [0.29, 0.717) is 5.75 Å². The summed E-state index contributed by atoms with van der Waals surface area (Å²) in [6.07, 6.45) is 0. The van der Waals surface area contributed by atoms with Crippen LogP contribution >= 0.6 is 0 Å². The molecule has 0 aromatic heterocycles. The van der Waals surface area contributed by atoms with Crippen molar-refractivity contribution >= 4 is 0 Å². The number of ether oxygens (including phenoxy) is 1. The van der Waals surface area contributed by atoms with Crippen molar-refractivity contribution in [2.75, 3.05) is 34.8 Å². The van der Waals surface area contributed by atoms with Crippen LogP contribution in [-0.4, -0.2) is 39.7 Å². The first kappa shape index (κ1) is 12.9. The first-order valence-corrected chi connectivity index (χ1v) is 5.24. The molecule has 0 aliphatic heterocycles. The summed E-state index contributed by atoms with van der Waals surface area (Å²) < 4.78 is 18.5. The molecule has 1 atom stereocenters. The van der Waals surface area contributed by atoms with Crippen molar-refractivity contribution in [1.29, 1.82) is 0 Å². The Kier molecular flexibility index (Phi) is 4.71. The van der Waals surface area contributed by atoms with Gasteiger partial charge in [-0.05, 0) is 39.3 Å². The van der Waals surface area contributed by atoms with Crippen LogP contribution in [0.1, 0.15) is 11.6 Å². The molecular formula is C12H19FN2O. The summed E-state index contributed by atoms with van der Waals surface area (Å²) >= 11 is 0. The number of rotatable bonds is 5. The molecule has 1 aromatic rings.